The molecule has 0 amide bonds. The van der Waals surface area contributed by atoms with Gasteiger partial charge in [0.05, 0.1) is 6.20 Å². The summed E-state index contributed by atoms with van der Waals surface area (Å²) < 4.78 is 49.0. The van der Waals surface area contributed by atoms with E-state index in [1.165, 1.54) is 6.20 Å². The van der Waals surface area contributed by atoms with E-state index in [1.54, 1.807) is 61.5 Å². The number of benzene rings is 1. The van der Waals surface area contributed by atoms with E-state index >= 15 is 0 Å². The molecule has 3 rings (SSSR count). The maximum Gasteiger partial charge on any atom is 0.295 e. The standard InChI is InChI=1S/C18H22N2O8S/c1-20(2)13-9-8-12(10-19-13)26-16-14(21)17(27-11-6-4-3-5-7-11)28-18(15(16)22)29(23,24)25/h3-10,14-18,21-22H,1-2H3,(H,23,24,25)/t14-,15+,16-,17-,18?/m1/s1. The predicted octanol–water partition coefficient (Wildman–Crippen LogP) is 0.266. The van der Waals surface area contributed by atoms with Crippen LogP contribution in [0.3, 0.4) is 0 Å². The highest BCUT2D eigenvalue weighted by molar-refractivity contribution is 7.86. The summed E-state index contributed by atoms with van der Waals surface area (Å²) in [5.41, 5.74) is -2.07. The SMILES string of the molecule is CN(C)c1ccc(O[C@@H]2[C@@H](O)[C@H](Oc3ccccc3)OC(S(=O)(=O)O)[C@H]2O)cn1. The van der Waals surface area contributed by atoms with E-state index in [-0.39, 0.29) is 11.5 Å². The molecule has 158 valence electrons. The first-order valence-electron chi connectivity index (χ1n) is 8.66. The average Bonchev–Trinajstić information content (AvgIpc) is 2.67. The maximum atomic E-state index is 11.7. The number of rotatable bonds is 6. The zero-order chi connectivity index (χ0) is 21.2. The highest BCUT2D eigenvalue weighted by atomic mass is 32.2. The van der Waals surface area contributed by atoms with Crippen molar-refractivity contribution in [2.75, 3.05) is 19.0 Å². The largest absolute Gasteiger partial charge is 0.483 e. The fraction of sp³-hybridized carbons (Fsp3) is 0.389. The van der Waals surface area contributed by atoms with Crippen LogP contribution in [0.5, 0.6) is 11.5 Å². The molecule has 0 radical (unpaired) electrons. The molecule has 3 N–H and O–H groups in total. The highest BCUT2D eigenvalue weighted by Crippen LogP contribution is 2.29. The zero-order valence-electron chi connectivity index (χ0n) is 15.7. The summed E-state index contributed by atoms with van der Waals surface area (Å²) in [7, 11) is -1.23. The average molecular weight is 426 g/mol. The van der Waals surface area contributed by atoms with Gasteiger partial charge in [-0.2, -0.15) is 8.42 Å². The van der Waals surface area contributed by atoms with Crippen LogP contribution in [0.2, 0.25) is 0 Å². The fourth-order valence-electron chi connectivity index (χ4n) is 2.79. The maximum absolute atomic E-state index is 11.7. The Morgan fingerprint density at radius 3 is 2.24 bits per heavy atom. The number of aliphatic hydroxyl groups excluding tert-OH is 2. The van der Waals surface area contributed by atoms with Gasteiger partial charge in [0.1, 0.15) is 23.4 Å². The zero-order valence-corrected chi connectivity index (χ0v) is 16.5. The lowest BCUT2D eigenvalue weighted by molar-refractivity contribution is -0.248. The van der Waals surface area contributed by atoms with Crippen LogP contribution in [0.4, 0.5) is 5.82 Å². The van der Waals surface area contributed by atoms with Crippen LogP contribution in [0.15, 0.2) is 48.7 Å². The monoisotopic (exact) mass is 426 g/mol. The molecule has 1 aromatic heterocycles. The van der Waals surface area contributed by atoms with E-state index < -0.39 is 40.2 Å². The van der Waals surface area contributed by atoms with Gasteiger partial charge in [0, 0.05) is 14.1 Å². The Labute approximate surface area is 168 Å². The van der Waals surface area contributed by atoms with Crippen molar-refractivity contribution in [1.29, 1.82) is 0 Å². The molecule has 10 nitrogen and oxygen atoms in total. The van der Waals surface area contributed by atoms with E-state index in [9.17, 15) is 23.2 Å². The molecule has 2 aromatic rings. The van der Waals surface area contributed by atoms with Crippen LogP contribution in [-0.2, 0) is 14.9 Å². The smallest absolute Gasteiger partial charge is 0.295 e. The van der Waals surface area contributed by atoms with Crippen molar-refractivity contribution in [2.45, 2.75) is 30.0 Å². The highest BCUT2D eigenvalue weighted by Gasteiger charge is 2.52. The second kappa shape index (κ2) is 8.51. The summed E-state index contributed by atoms with van der Waals surface area (Å²) in [4.78, 5) is 5.92. The summed E-state index contributed by atoms with van der Waals surface area (Å²) >= 11 is 0. The number of ether oxygens (including phenoxy) is 3. The van der Waals surface area contributed by atoms with Crippen molar-refractivity contribution in [2.24, 2.45) is 0 Å². The van der Waals surface area contributed by atoms with E-state index in [1.807, 2.05) is 0 Å². The second-order valence-corrected chi connectivity index (χ2v) is 8.12. The quantitative estimate of drug-likeness (QED) is 0.552. The minimum atomic E-state index is -4.83. The number of para-hydroxylation sites is 1. The third-order valence-corrected chi connectivity index (χ3v) is 5.22. The minimum Gasteiger partial charge on any atom is -0.483 e. The van der Waals surface area contributed by atoms with E-state index in [0.717, 1.165) is 0 Å². The molecular formula is C18H22N2O8S. The van der Waals surface area contributed by atoms with Crippen LogP contribution in [-0.4, -0.2) is 72.3 Å². The number of aliphatic hydroxyl groups is 2. The van der Waals surface area contributed by atoms with Crippen molar-refractivity contribution in [3.63, 3.8) is 0 Å². The molecule has 0 spiro atoms. The summed E-state index contributed by atoms with van der Waals surface area (Å²) in [5, 5.41) is 21.0. The summed E-state index contributed by atoms with van der Waals surface area (Å²) in [6, 6.07) is 11.4. The first kappa shape index (κ1) is 21.3. The first-order chi connectivity index (χ1) is 13.7. The van der Waals surface area contributed by atoms with Gasteiger partial charge in [-0.1, -0.05) is 18.2 Å². The Morgan fingerprint density at radius 2 is 1.69 bits per heavy atom. The molecule has 2 heterocycles. The number of anilines is 1. The van der Waals surface area contributed by atoms with E-state index in [0.29, 0.717) is 5.82 Å². The minimum absolute atomic E-state index is 0.174. The van der Waals surface area contributed by atoms with Crippen LogP contribution >= 0.6 is 0 Å². The van der Waals surface area contributed by atoms with Gasteiger partial charge in [-0.25, -0.2) is 4.98 Å². The second-order valence-electron chi connectivity index (χ2n) is 6.63. The molecule has 29 heavy (non-hydrogen) atoms. The first-order valence-corrected chi connectivity index (χ1v) is 10.2. The van der Waals surface area contributed by atoms with Crippen molar-refractivity contribution < 1.29 is 37.4 Å². The third-order valence-electron chi connectivity index (χ3n) is 4.24. The van der Waals surface area contributed by atoms with Crippen LogP contribution in [0.1, 0.15) is 0 Å². The van der Waals surface area contributed by atoms with Gasteiger partial charge in [-0.15, -0.1) is 0 Å². The van der Waals surface area contributed by atoms with Crippen molar-refractivity contribution in [3.05, 3.63) is 48.7 Å². The summed E-state index contributed by atoms with van der Waals surface area (Å²) in [6.07, 6.45) is -5.09. The van der Waals surface area contributed by atoms with Gasteiger partial charge in [0.2, 0.25) is 11.7 Å². The molecule has 0 aliphatic carbocycles. The van der Waals surface area contributed by atoms with Gasteiger partial charge in [0.25, 0.3) is 10.1 Å². The van der Waals surface area contributed by atoms with Crippen LogP contribution in [0, 0.1) is 0 Å². The third kappa shape index (κ3) is 4.95. The van der Waals surface area contributed by atoms with Crippen LogP contribution < -0.4 is 14.4 Å². The van der Waals surface area contributed by atoms with Crippen molar-refractivity contribution in [3.8, 4) is 11.5 Å². The molecule has 11 heteroatoms. The van der Waals surface area contributed by atoms with Gasteiger partial charge in [-0.3, -0.25) is 4.55 Å². The number of hydrogen-bond donors (Lipinski definition) is 3. The van der Waals surface area contributed by atoms with Gasteiger partial charge in [-0.05, 0) is 24.3 Å². The number of nitrogens with zero attached hydrogens (tertiary/aromatic N) is 2. The molecule has 1 aliphatic heterocycles. The van der Waals surface area contributed by atoms with E-state index in [2.05, 4.69) is 4.98 Å². The molecule has 1 saturated heterocycles. The Hall–Kier alpha value is -2.44. The lowest BCUT2D eigenvalue weighted by atomic mass is 10.0. The van der Waals surface area contributed by atoms with Gasteiger partial charge in [0.15, 0.2) is 12.2 Å². The predicted molar refractivity (Wildman–Crippen MR) is 102 cm³/mol. The van der Waals surface area contributed by atoms with Gasteiger partial charge < -0.3 is 29.3 Å². The molecule has 1 aromatic carbocycles. The molecule has 0 bridgehead atoms. The molecule has 0 saturated carbocycles. The molecule has 1 aliphatic rings. The Morgan fingerprint density at radius 1 is 1.00 bits per heavy atom. The normalized spacial score (nSPS) is 27.3. The Balaban J connectivity index is 1.86. The number of hydrogen-bond acceptors (Lipinski definition) is 9. The van der Waals surface area contributed by atoms with Crippen molar-refractivity contribution in [1.82, 2.24) is 4.98 Å². The van der Waals surface area contributed by atoms with Gasteiger partial charge >= 0.3 is 0 Å². The molecular weight excluding hydrogens is 404 g/mol. The van der Waals surface area contributed by atoms with Crippen LogP contribution in [0.25, 0.3) is 0 Å². The lowest BCUT2D eigenvalue weighted by Gasteiger charge is -2.40. The summed E-state index contributed by atoms with van der Waals surface area (Å²) in [5.74, 6) is 1.11. The molecule has 1 fully saturated rings. The Kier molecular flexibility index (Phi) is 6.24. The number of aromatic nitrogens is 1. The molecule has 5 atom stereocenters. The fourth-order valence-corrected chi connectivity index (χ4v) is 3.54. The topological polar surface area (TPSA) is 139 Å². The number of pyridine rings is 1. The lowest BCUT2D eigenvalue weighted by Crippen LogP contribution is -2.62. The summed E-state index contributed by atoms with van der Waals surface area (Å²) in [6.45, 7) is 0. The Bertz CT molecular complexity index is 907. The molecule has 1 unspecified atom stereocenters. The van der Waals surface area contributed by atoms with Crippen molar-refractivity contribution >= 4 is 15.9 Å². The van der Waals surface area contributed by atoms with E-state index in [4.69, 9.17) is 14.2 Å².